The minimum absolute atomic E-state index is 0.0700. The Morgan fingerprint density at radius 3 is 2.33 bits per heavy atom. The van der Waals surface area contributed by atoms with Gasteiger partial charge in [0.15, 0.2) is 0 Å². The van der Waals surface area contributed by atoms with Crippen LogP contribution in [0.15, 0.2) is 63.2 Å². The first-order valence-electron chi connectivity index (χ1n) is 9.80. The number of nitro benzene ring substituents is 1. The standard InChI is InChI=1S/C21H21BrN6O2/c22-19-7-2-1-4-17(19)9-23-24-20(16-5-3-6-18(8-16)28(29)30)21-10-25-13-26(11-21)15-27(12-21)14-25/h1-9H,10-15H2/b23-9+,24-20+. The summed E-state index contributed by atoms with van der Waals surface area (Å²) >= 11 is 3.53. The van der Waals surface area contributed by atoms with Crippen LogP contribution in [0.3, 0.4) is 0 Å². The molecule has 0 N–H and O–H groups in total. The molecule has 4 fully saturated rings. The summed E-state index contributed by atoms with van der Waals surface area (Å²) in [6.45, 7) is 5.52. The van der Waals surface area contributed by atoms with Gasteiger partial charge in [-0.3, -0.25) is 24.8 Å². The molecule has 6 rings (SSSR count). The van der Waals surface area contributed by atoms with Crippen molar-refractivity contribution in [3.63, 3.8) is 0 Å². The van der Waals surface area contributed by atoms with Gasteiger partial charge in [0, 0.05) is 47.4 Å². The Balaban J connectivity index is 1.57. The summed E-state index contributed by atoms with van der Waals surface area (Å²) in [7, 11) is 0. The molecule has 9 heteroatoms. The molecule has 0 aliphatic carbocycles. The Labute approximate surface area is 182 Å². The summed E-state index contributed by atoms with van der Waals surface area (Å²) in [6, 6.07) is 14.6. The van der Waals surface area contributed by atoms with Crippen LogP contribution in [0, 0.1) is 15.5 Å². The third kappa shape index (κ3) is 3.58. The van der Waals surface area contributed by atoms with E-state index in [9.17, 15) is 10.1 Å². The Hall–Kier alpha value is -2.46. The molecule has 0 saturated carbocycles. The predicted octanol–water partition coefficient (Wildman–Crippen LogP) is 2.99. The van der Waals surface area contributed by atoms with Crippen molar-refractivity contribution in [2.75, 3.05) is 39.6 Å². The summed E-state index contributed by atoms with van der Waals surface area (Å²) in [5, 5.41) is 20.5. The first kappa shape index (κ1) is 19.5. The van der Waals surface area contributed by atoms with Gasteiger partial charge in [0.05, 0.1) is 42.3 Å². The lowest BCUT2D eigenvalue weighted by atomic mass is 9.74. The Bertz CT molecular complexity index is 1020. The van der Waals surface area contributed by atoms with Gasteiger partial charge >= 0.3 is 0 Å². The molecule has 0 aromatic heterocycles. The van der Waals surface area contributed by atoms with E-state index in [1.807, 2.05) is 30.3 Å². The topological polar surface area (TPSA) is 77.6 Å². The van der Waals surface area contributed by atoms with Gasteiger partial charge in [-0.1, -0.05) is 46.3 Å². The average Bonchev–Trinajstić information content (AvgIpc) is 2.71. The molecule has 4 heterocycles. The number of nitro groups is 1. The van der Waals surface area contributed by atoms with Crippen LogP contribution in [0.5, 0.6) is 0 Å². The summed E-state index contributed by atoms with van der Waals surface area (Å²) < 4.78 is 0.944. The van der Waals surface area contributed by atoms with Crippen molar-refractivity contribution < 1.29 is 4.92 Å². The lowest BCUT2D eigenvalue weighted by Crippen LogP contribution is -2.74. The highest BCUT2D eigenvalue weighted by molar-refractivity contribution is 9.10. The maximum absolute atomic E-state index is 11.4. The van der Waals surface area contributed by atoms with Crippen LogP contribution < -0.4 is 0 Å². The zero-order chi connectivity index (χ0) is 20.7. The molecule has 30 heavy (non-hydrogen) atoms. The van der Waals surface area contributed by atoms with Crippen LogP contribution in [0.25, 0.3) is 0 Å². The zero-order valence-corrected chi connectivity index (χ0v) is 17.9. The van der Waals surface area contributed by atoms with E-state index in [1.54, 1.807) is 18.3 Å². The molecule has 0 unspecified atom stereocenters. The third-order valence-electron chi connectivity index (χ3n) is 5.87. The molecular weight excluding hydrogens is 448 g/mol. The fourth-order valence-corrected chi connectivity index (χ4v) is 5.29. The molecule has 2 aromatic carbocycles. The number of benzene rings is 2. The van der Waals surface area contributed by atoms with Crippen LogP contribution in [-0.4, -0.2) is 71.2 Å². The van der Waals surface area contributed by atoms with Gasteiger partial charge in [-0.15, -0.1) is 0 Å². The monoisotopic (exact) mass is 468 g/mol. The van der Waals surface area contributed by atoms with E-state index in [0.29, 0.717) is 0 Å². The maximum atomic E-state index is 11.4. The van der Waals surface area contributed by atoms with Crippen molar-refractivity contribution in [3.8, 4) is 0 Å². The first-order valence-corrected chi connectivity index (χ1v) is 10.6. The largest absolute Gasteiger partial charge is 0.276 e. The molecule has 0 spiro atoms. The third-order valence-corrected chi connectivity index (χ3v) is 6.59. The molecule has 0 radical (unpaired) electrons. The van der Waals surface area contributed by atoms with Gasteiger partial charge in [0.25, 0.3) is 5.69 Å². The van der Waals surface area contributed by atoms with Crippen molar-refractivity contribution in [2.24, 2.45) is 15.6 Å². The van der Waals surface area contributed by atoms with Gasteiger partial charge in [0.1, 0.15) is 0 Å². The summed E-state index contributed by atoms with van der Waals surface area (Å²) in [5.41, 5.74) is 2.35. The van der Waals surface area contributed by atoms with Crippen LogP contribution in [0.2, 0.25) is 0 Å². The molecule has 4 saturated heterocycles. The fourth-order valence-electron chi connectivity index (χ4n) is 4.91. The van der Waals surface area contributed by atoms with Crippen LogP contribution in [0.1, 0.15) is 11.1 Å². The van der Waals surface area contributed by atoms with Gasteiger partial charge < -0.3 is 0 Å². The highest BCUT2D eigenvalue weighted by Gasteiger charge is 2.52. The predicted molar refractivity (Wildman–Crippen MR) is 119 cm³/mol. The Morgan fingerprint density at radius 2 is 1.70 bits per heavy atom. The number of nitrogens with zero attached hydrogens (tertiary/aromatic N) is 6. The van der Waals surface area contributed by atoms with E-state index in [2.05, 4.69) is 40.8 Å². The van der Waals surface area contributed by atoms with Crippen molar-refractivity contribution in [1.29, 1.82) is 0 Å². The minimum atomic E-state index is -0.359. The van der Waals surface area contributed by atoms with E-state index in [4.69, 9.17) is 0 Å². The molecule has 154 valence electrons. The number of hydrogen-bond donors (Lipinski definition) is 0. The second-order valence-electron chi connectivity index (χ2n) is 8.21. The van der Waals surface area contributed by atoms with Crippen LogP contribution in [0.4, 0.5) is 5.69 Å². The second-order valence-corrected chi connectivity index (χ2v) is 9.07. The van der Waals surface area contributed by atoms with Crippen LogP contribution >= 0.6 is 15.9 Å². The number of hydrogen-bond acceptors (Lipinski definition) is 7. The molecule has 4 bridgehead atoms. The van der Waals surface area contributed by atoms with Gasteiger partial charge in [0.2, 0.25) is 0 Å². The van der Waals surface area contributed by atoms with Crippen molar-refractivity contribution >= 4 is 33.5 Å². The summed E-state index contributed by atoms with van der Waals surface area (Å²) in [4.78, 5) is 18.2. The molecule has 4 aliphatic rings. The lowest BCUT2D eigenvalue weighted by molar-refractivity contribution is -0.384. The zero-order valence-electron chi connectivity index (χ0n) is 16.3. The maximum Gasteiger partial charge on any atom is 0.270 e. The molecule has 0 amide bonds. The van der Waals surface area contributed by atoms with E-state index >= 15 is 0 Å². The van der Waals surface area contributed by atoms with E-state index in [0.717, 1.165) is 61.0 Å². The number of halogens is 1. The average molecular weight is 469 g/mol. The molecule has 4 aliphatic heterocycles. The van der Waals surface area contributed by atoms with Gasteiger partial charge in [-0.25, -0.2) is 0 Å². The molecule has 2 aromatic rings. The Morgan fingerprint density at radius 1 is 1.03 bits per heavy atom. The quantitative estimate of drug-likeness (QED) is 0.382. The SMILES string of the molecule is O=[N+]([O-])c1cccc(/C(=N\N=C\c2ccccc2Br)C23CN4CN(CN(C4)C2)C3)c1. The number of non-ortho nitro benzene ring substituents is 1. The summed E-state index contributed by atoms with van der Waals surface area (Å²) in [5.74, 6) is 0. The first-order chi connectivity index (χ1) is 14.5. The van der Waals surface area contributed by atoms with E-state index in [-0.39, 0.29) is 16.0 Å². The smallest absolute Gasteiger partial charge is 0.270 e. The van der Waals surface area contributed by atoms with Gasteiger partial charge in [-0.2, -0.15) is 10.2 Å². The fraction of sp³-hybridized carbons (Fsp3) is 0.333. The molecule has 8 nitrogen and oxygen atoms in total. The van der Waals surface area contributed by atoms with Crippen LogP contribution in [-0.2, 0) is 0 Å². The van der Waals surface area contributed by atoms with Crippen molar-refractivity contribution in [3.05, 3.63) is 74.2 Å². The van der Waals surface area contributed by atoms with Crippen molar-refractivity contribution in [1.82, 2.24) is 14.7 Å². The van der Waals surface area contributed by atoms with E-state index < -0.39 is 0 Å². The normalized spacial score (nSPS) is 30.2. The summed E-state index contributed by atoms with van der Waals surface area (Å²) in [6.07, 6.45) is 1.73. The number of rotatable bonds is 5. The lowest BCUT2D eigenvalue weighted by Gasteiger charge is -2.60. The molecule has 0 atom stereocenters. The second kappa shape index (κ2) is 7.66. The van der Waals surface area contributed by atoms with E-state index in [1.165, 1.54) is 6.07 Å². The highest BCUT2D eigenvalue weighted by atomic mass is 79.9. The minimum Gasteiger partial charge on any atom is -0.276 e. The Kier molecular flexibility index (Phi) is 4.98. The van der Waals surface area contributed by atoms with Crippen molar-refractivity contribution in [2.45, 2.75) is 0 Å². The van der Waals surface area contributed by atoms with Gasteiger partial charge in [-0.05, 0) is 6.07 Å². The molecular formula is C21H21BrN6O2. The highest BCUT2D eigenvalue weighted by Crippen LogP contribution is 2.39.